The van der Waals surface area contributed by atoms with Gasteiger partial charge in [0.2, 0.25) is 5.96 Å². The molecule has 0 atom stereocenters. The van der Waals surface area contributed by atoms with E-state index in [0.29, 0.717) is 11.4 Å². The van der Waals surface area contributed by atoms with E-state index in [4.69, 9.17) is 11.1 Å². The number of amides is 2. The molecular weight excluding hydrogens is 274 g/mol. The first-order chi connectivity index (χ1) is 8.11. The molecule has 0 unspecified atom stereocenters. The largest absolute Gasteiger partial charge is 0.412 e. The zero-order valence-corrected chi connectivity index (χ0v) is 10.9. The average Bonchev–Trinajstić information content (AvgIpc) is 2.34. The fraction of sp³-hybridized carbons (Fsp3) is 0.111. The molecule has 8 N–H and O–H groups in total. The summed E-state index contributed by atoms with van der Waals surface area (Å²) in [6.45, 7) is 0. The van der Waals surface area contributed by atoms with Gasteiger partial charge in [-0.1, -0.05) is 0 Å². The lowest BCUT2D eigenvalue weighted by Gasteiger charge is -2.07. The molecule has 0 aliphatic heterocycles. The van der Waals surface area contributed by atoms with Crippen molar-refractivity contribution >= 4 is 35.8 Å². The topological polar surface area (TPSA) is 159 Å². The molecular formula is C9H16ClN7O2. The summed E-state index contributed by atoms with van der Waals surface area (Å²) in [7, 11) is 1.52. The lowest BCUT2D eigenvalue weighted by molar-refractivity contribution is 0.245. The molecule has 0 radical (unpaired) electrons. The van der Waals surface area contributed by atoms with Crippen molar-refractivity contribution in [1.82, 2.24) is 10.7 Å². The molecule has 10 heteroatoms. The number of azo groups is 1. The van der Waals surface area contributed by atoms with Crippen LogP contribution < -0.4 is 21.9 Å². The number of hydrogen-bond donors (Lipinski definition) is 5. The number of anilines is 1. The second kappa shape index (κ2) is 9.62. The van der Waals surface area contributed by atoms with E-state index in [1.54, 1.807) is 24.3 Å². The lowest BCUT2D eigenvalue weighted by atomic mass is 10.3. The van der Waals surface area contributed by atoms with Gasteiger partial charge in [0.25, 0.3) is 0 Å². The van der Waals surface area contributed by atoms with Gasteiger partial charge in [0.1, 0.15) is 0 Å². The molecule has 0 fully saturated rings. The van der Waals surface area contributed by atoms with Crippen LogP contribution in [0.3, 0.4) is 0 Å². The van der Waals surface area contributed by atoms with E-state index in [1.807, 2.05) is 0 Å². The number of carbonyl (C=O) groups excluding carboxylic acids is 1. The third kappa shape index (κ3) is 7.52. The van der Waals surface area contributed by atoms with Crippen molar-refractivity contribution in [2.75, 3.05) is 12.5 Å². The van der Waals surface area contributed by atoms with E-state index in [2.05, 4.69) is 26.4 Å². The van der Waals surface area contributed by atoms with Gasteiger partial charge >= 0.3 is 6.03 Å². The van der Waals surface area contributed by atoms with Gasteiger partial charge in [-0.3, -0.25) is 16.3 Å². The van der Waals surface area contributed by atoms with Crippen LogP contribution in [0.25, 0.3) is 0 Å². The molecule has 1 rings (SSSR count). The predicted molar refractivity (Wildman–Crippen MR) is 74.9 cm³/mol. The van der Waals surface area contributed by atoms with E-state index in [9.17, 15) is 4.79 Å². The number of carbonyl (C=O) groups is 1. The standard InChI is InChI=1S/C9H13N7O.ClH.H2O/c1-12-9(17)16-14-7-4-2-6(3-5-7)13-15-8(10)11;;/h2-5,14H,1H3,(H3,10,11)(H2,12,16,17);1H;1H2. The summed E-state index contributed by atoms with van der Waals surface area (Å²) in [5.74, 6) is -0.353. The van der Waals surface area contributed by atoms with Crippen molar-refractivity contribution in [3.63, 3.8) is 0 Å². The van der Waals surface area contributed by atoms with E-state index in [-0.39, 0.29) is 29.9 Å². The van der Waals surface area contributed by atoms with Gasteiger partial charge in [-0.05, 0) is 24.3 Å². The fourth-order valence-electron chi connectivity index (χ4n) is 0.914. The Labute approximate surface area is 115 Å². The number of nitrogens with zero attached hydrogens (tertiary/aromatic N) is 2. The number of guanidine groups is 1. The van der Waals surface area contributed by atoms with Crippen LogP contribution in [0.4, 0.5) is 16.2 Å². The number of hydrazine groups is 1. The molecule has 0 saturated heterocycles. The SMILES string of the molecule is CNC(=O)NNc1ccc(N=NC(=N)N)cc1.Cl.O. The highest BCUT2D eigenvalue weighted by molar-refractivity contribution is 5.85. The van der Waals surface area contributed by atoms with Gasteiger partial charge in [-0.15, -0.1) is 22.6 Å². The van der Waals surface area contributed by atoms with Gasteiger partial charge < -0.3 is 16.5 Å². The van der Waals surface area contributed by atoms with E-state index >= 15 is 0 Å². The molecule has 0 aliphatic rings. The van der Waals surface area contributed by atoms with Crippen molar-refractivity contribution < 1.29 is 10.3 Å². The highest BCUT2D eigenvalue weighted by Crippen LogP contribution is 2.15. The van der Waals surface area contributed by atoms with Crippen LogP contribution in [0.5, 0.6) is 0 Å². The number of halogens is 1. The summed E-state index contributed by atoms with van der Waals surface area (Å²) >= 11 is 0. The minimum Gasteiger partial charge on any atom is -0.412 e. The van der Waals surface area contributed by atoms with Gasteiger partial charge in [-0.25, -0.2) is 4.79 Å². The first kappa shape index (κ1) is 19.0. The lowest BCUT2D eigenvalue weighted by Crippen LogP contribution is -2.36. The zero-order valence-electron chi connectivity index (χ0n) is 10.1. The van der Waals surface area contributed by atoms with Crippen molar-refractivity contribution in [1.29, 1.82) is 5.41 Å². The Bertz CT molecular complexity index is 435. The van der Waals surface area contributed by atoms with Gasteiger partial charge in [0.05, 0.1) is 11.4 Å². The third-order valence-corrected chi connectivity index (χ3v) is 1.69. The monoisotopic (exact) mass is 289 g/mol. The summed E-state index contributed by atoms with van der Waals surface area (Å²) in [4.78, 5) is 10.9. The van der Waals surface area contributed by atoms with Gasteiger partial charge in [0, 0.05) is 7.05 Å². The van der Waals surface area contributed by atoms with Crippen LogP contribution in [-0.4, -0.2) is 24.5 Å². The number of nitrogens with one attached hydrogen (secondary N) is 4. The first-order valence-electron chi connectivity index (χ1n) is 4.71. The molecule has 0 bridgehead atoms. The first-order valence-corrected chi connectivity index (χ1v) is 4.71. The number of hydrogen-bond acceptors (Lipinski definition) is 4. The molecule has 9 nitrogen and oxygen atoms in total. The summed E-state index contributed by atoms with van der Waals surface area (Å²) in [5.41, 5.74) is 11.4. The molecule has 0 saturated carbocycles. The maximum absolute atomic E-state index is 10.9. The molecule has 0 spiro atoms. The van der Waals surface area contributed by atoms with Gasteiger partial charge in [0.15, 0.2) is 0 Å². The number of urea groups is 1. The van der Waals surface area contributed by atoms with E-state index < -0.39 is 0 Å². The number of nitrogens with two attached hydrogens (primary N) is 1. The van der Waals surface area contributed by atoms with Crippen molar-refractivity contribution in [3.8, 4) is 0 Å². The summed E-state index contributed by atoms with van der Waals surface area (Å²) in [6, 6.07) is 6.39. The van der Waals surface area contributed by atoms with Crippen LogP contribution in [0.2, 0.25) is 0 Å². The number of benzene rings is 1. The van der Waals surface area contributed by atoms with Crippen molar-refractivity contribution in [2.24, 2.45) is 16.0 Å². The molecule has 0 aromatic heterocycles. The van der Waals surface area contributed by atoms with Crippen LogP contribution in [-0.2, 0) is 0 Å². The Balaban J connectivity index is 0. The van der Waals surface area contributed by atoms with Gasteiger partial charge in [-0.2, -0.15) is 0 Å². The van der Waals surface area contributed by atoms with Crippen molar-refractivity contribution in [3.05, 3.63) is 24.3 Å². The van der Waals surface area contributed by atoms with E-state index in [0.717, 1.165) is 0 Å². The zero-order chi connectivity index (χ0) is 12.7. The molecule has 1 aromatic carbocycles. The molecule has 0 aliphatic carbocycles. The Hall–Kier alpha value is -2.39. The second-order valence-electron chi connectivity index (χ2n) is 2.96. The summed E-state index contributed by atoms with van der Waals surface area (Å²) in [5, 5.41) is 16.4. The molecule has 1 aromatic rings. The Morgan fingerprint density at radius 2 is 1.89 bits per heavy atom. The highest BCUT2D eigenvalue weighted by atomic mass is 35.5. The Kier molecular flexibility index (Phi) is 9.60. The Morgan fingerprint density at radius 3 is 2.37 bits per heavy atom. The average molecular weight is 290 g/mol. The normalized spacial score (nSPS) is 8.89. The second-order valence-corrected chi connectivity index (χ2v) is 2.96. The highest BCUT2D eigenvalue weighted by Gasteiger charge is 1.96. The third-order valence-electron chi connectivity index (χ3n) is 1.69. The fourth-order valence-corrected chi connectivity index (χ4v) is 0.914. The van der Waals surface area contributed by atoms with Crippen LogP contribution in [0.15, 0.2) is 34.5 Å². The maximum atomic E-state index is 10.9. The summed E-state index contributed by atoms with van der Waals surface area (Å²) in [6.07, 6.45) is 0. The number of rotatable bonds is 3. The molecule has 19 heavy (non-hydrogen) atoms. The minimum atomic E-state index is -0.353. The molecule has 0 heterocycles. The molecule has 106 valence electrons. The smallest absolute Gasteiger partial charge is 0.333 e. The predicted octanol–water partition coefficient (Wildman–Crippen LogP) is 0.517. The van der Waals surface area contributed by atoms with E-state index in [1.165, 1.54) is 7.05 Å². The molecule has 2 amide bonds. The van der Waals surface area contributed by atoms with Crippen molar-refractivity contribution in [2.45, 2.75) is 0 Å². The maximum Gasteiger partial charge on any atom is 0.333 e. The van der Waals surface area contributed by atoms with Crippen LogP contribution in [0, 0.1) is 5.41 Å². The quantitative estimate of drug-likeness (QED) is 0.238. The minimum absolute atomic E-state index is 0. The Morgan fingerprint density at radius 1 is 1.32 bits per heavy atom. The van der Waals surface area contributed by atoms with Crippen LogP contribution >= 0.6 is 12.4 Å². The summed E-state index contributed by atoms with van der Waals surface area (Å²) < 4.78 is 0. The van der Waals surface area contributed by atoms with Crippen LogP contribution in [0.1, 0.15) is 0 Å².